The SMILES string of the molecule is CC/C=C(\C)CNc1ccc(Cl)cc1C(=O)N[C@@H](Cc1ccc(-c2ccccc2Oc2ccccc2)cc1)C(=O)O. The number of amides is 1. The zero-order chi connectivity index (χ0) is 29.2. The van der Waals surface area contributed by atoms with Crippen LogP contribution in [0.3, 0.4) is 0 Å². The van der Waals surface area contributed by atoms with Gasteiger partial charge in [-0.05, 0) is 60.9 Å². The quantitative estimate of drug-likeness (QED) is 0.151. The largest absolute Gasteiger partial charge is 0.480 e. The summed E-state index contributed by atoms with van der Waals surface area (Å²) < 4.78 is 6.09. The average molecular weight is 569 g/mol. The average Bonchev–Trinajstić information content (AvgIpc) is 2.97. The lowest BCUT2D eigenvalue weighted by Gasteiger charge is -2.18. The van der Waals surface area contributed by atoms with Crippen molar-refractivity contribution in [2.24, 2.45) is 0 Å². The van der Waals surface area contributed by atoms with Crippen LogP contribution >= 0.6 is 11.6 Å². The van der Waals surface area contributed by atoms with Crippen molar-refractivity contribution in [2.45, 2.75) is 32.7 Å². The van der Waals surface area contributed by atoms with Crippen LogP contribution in [0.25, 0.3) is 11.1 Å². The van der Waals surface area contributed by atoms with E-state index in [1.54, 1.807) is 18.2 Å². The number of carboxylic acid groups (broad SMARTS) is 1. The van der Waals surface area contributed by atoms with Gasteiger partial charge in [-0.2, -0.15) is 0 Å². The molecule has 0 aliphatic rings. The van der Waals surface area contributed by atoms with Crippen molar-refractivity contribution in [2.75, 3.05) is 11.9 Å². The molecule has 0 aromatic heterocycles. The number of anilines is 1. The Morgan fingerprint density at radius 3 is 2.37 bits per heavy atom. The van der Waals surface area contributed by atoms with Crippen LogP contribution in [0.1, 0.15) is 36.2 Å². The van der Waals surface area contributed by atoms with E-state index >= 15 is 0 Å². The predicted octanol–water partition coefficient (Wildman–Crippen LogP) is 7.99. The van der Waals surface area contributed by atoms with Crippen LogP contribution in [0.5, 0.6) is 11.5 Å². The Kier molecular flexibility index (Phi) is 10.2. The maximum absolute atomic E-state index is 13.2. The Morgan fingerprint density at radius 2 is 1.66 bits per heavy atom. The molecular formula is C34H33ClN2O4. The van der Waals surface area contributed by atoms with Crippen LogP contribution in [0.2, 0.25) is 5.02 Å². The third-order valence-electron chi connectivity index (χ3n) is 6.50. The predicted molar refractivity (Wildman–Crippen MR) is 165 cm³/mol. The van der Waals surface area contributed by atoms with Crippen molar-refractivity contribution in [1.29, 1.82) is 0 Å². The molecule has 4 rings (SSSR count). The molecule has 41 heavy (non-hydrogen) atoms. The normalized spacial score (nSPS) is 11.9. The first-order valence-corrected chi connectivity index (χ1v) is 13.9. The van der Waals surface area contributed by atoms with Crippen LogP contribution in [0.4, 0.5) is 5.69 Å². The van der Waals surface area contributed by atoms with Crippen molar-refractivity contribution >= 4 is 29.2 Å². The van der Waals surface area contributed by atoms with Gasteiger partial charge < -0.3 is 20.5 Å². The van der Waals surface area contributed by atoms with E-state index in [4.69, 9.17) is 16.3 Å². The number of hydrogen-bond acceptors (Lipinski definition) is 4. The number of halogens is 1. The fourth-order valence-electron chi connectivity index (χ4n) is 4.42. The van der Waals surface area contributed by atoms with Crippen molar-refractivity contribution in [3.8, 4) is 22.6 Å². The van der Waals surface area contributed by atoms with Crippen LogP contribution in [-0.2, 0) is 11.2 Å². The van der Waals surface area contributed by atoms with E-state index in [1.165, 1.54) is 0 Å². The van der Waals surface area contributed by atoms with E-state index in [9.17, 15) is 14.7 Å². The molecular weight excluding hydrogens is 536 g/mol. The Labute approximate surface area is 245 Å². The van der Waals surface area contributed by atoms with Gasteiger partial charge in [-0.1, -0.05) is 90.8 Å². The van der Waals surface area contributed by atoms with Gasteiger partial charge in [0.15, 0.2) is 0 Å². The molecule has 210 valence electrons. The van der Waals surface area contributed by atoms with Crippen molar-refractivity contribution < 1.29 is 19.4 Å². The van der Waals surface area contributed by atoms with E-state index in [-0.39, 0.29) is 6.42 Å². The smallest absolute Gasteiger partial charge is 0.326 e. The van der Waals surface area contributed by atoms with Crippen molar-refractivity contribution in [1.82, 2.24) is 5.32 Å². The molecule has 0 bridgehead atoms. The van der Waals surface area contributed by atoms with E-state index < -0.39 is 17.9 Å². The summed E-state index contributed by atoms with van der Waals surface area (Å²) in [5.41, 5.74) is 4.62. The molecule has 0 spiro atoms. The van der Waals surface area contributed by atoms with Gasteiger partial charge in [0.2, 0.25) is 0 Å². The summed E-state index contributed by atoms with van der Waals surface area (Å²) >= 11 is 6.18. The highest BCUT2D eigenvalue weighted by atomic mass is 35.5. The zero-order valence-electron chi connectivity index (χ0n) is 23.1. The summed E-state index contributed by atoms with van der Waals surface area (Å²) in [4.78, 5) is 25.4. The molecule has 3 N–H and O–H groups in total. The van der Waals surface area contributed by atoms with Gasteiger partial charge in [0.05, 0.1) is 5.56 Å². The van der Waals surface area contributed by atoms with Crippen LogP contribution in [0, 0.1) is 0 Å². The first-order valence-electron chi connectivity index (χ1n) is 13.5. The molecule has 4 aromatic carbocycles. The van der Waals surface area contributed by atoms with Gasteiger partial charge in [0.1, 0.15) is 17.5 Å². The first kappa shape index (κ1) is 29.4. The van der Waals surface area contributed by atoms with Gasteiger partial charge in [-0.15, -0.1) is 0 Å². The number of carbonyl (C=O) groups excluding carboxylic acids is 1. The van der Waals surface area contributed by atoms with Crippen LogP contribution in [-0.4, -0.2) is 29.6 Å². The number of carbonyl (C=O) groups is 2. The zero-order valence-corrected chi connectivity index (χ0v) is 23.8. The third kappa shape index (κ3) is 8.22. The topological polar surface area (TPSA) is 87.7 Å². The third-order valence-corrected chi connectivity index (χ3v) is 6.74. The molecule has 7 heteroatoms. The van der Waals surface area contributed by atoms with Gasteiger partial charge >= 0.3 is 5.97 Å². The second kappa shape index (κ2) is 14.2. The number of hydrogen-bond donors (Lipinski definition) is 3. The summed E-state index contributed by atoms with van der Waals surface area (Å²) in [7, 11) is 0. The molecule has 0 fully saturated rings. The van der Waals surface area contributed by atoms with E-state index in [0.717, 1.165) is 34.4 Å². The number of para-hydroxylation sites is 2. The minimum absolute atomic E-state index is 0.116. The molecule has 4 aromatic rings. The molecule has 1 atom stereocenters. The first-order chi connectivity index (χ1) is 19.8. The highest BCUT2D eigenvalue weighted by molar-refractivity contribution is 6.31. The number of carboxylic acids is 1. The number of aliphatic carboxylic acids is 1. The van der Waals surface area contributed by atoms with Crippen LogP contribution < -0.4 is 15.4 Å². The fraction of sp³-hybridized carbons (Fsp3) is 0.176. The van der Waals surface area contributed by atoms with Crippen molar-refractivity contribution in [3.05, 3.63) is 125 Å². The summed E-state index contributed by atoms with van der Waals surface area (Å²) in [6.45, 7) is 4.63. The fourth-order valence-corrected chi connectivity index (χ4v) is 4.59. The van der Waals surface area contributed by atoms with Gasteiger partial charge in [-0.3, -0.25) is 4.79 Å². The molecule has 6 nitrogen and oxygen atoms in total. The number of rotatable bonds is 12. The number of allylic oxidation sites excluding steroid dienone is 1. The summed E-state index contributed by atoms with van der Waals surface area (Å²) in [5.74, 6) is -0.180. The Balaban J connectivity index is 1.48. The lowest BCUT2D eigenvalue weighted by Crippen LogP contribution is -2.42. The van der Waals surface area contributed by atoms with Gasteiger partial charge in [-0.25, -0.2) is 4.79 Å². The standard InChI is InChI=1S/C34H33ClN2O4/c1-3-9-23(2)22-36-30-19-18-26(35)21-29(30)33(38)37-31(34(39)40)20-24-14-16-25(17-15-24)28-12-7-8-13-32(28)41-27-10-5-4-6-11-27/h4-19,21,31,36H,3,20,22H2,1-2H3,(H,37,38)(H,39,40)/b23-9+/t31-/m0/s1. The molecule has 0 aliphatic heterocycles. The highest BCUT2D eigenvalue weighted by Crippen LogP contribution is 2.33. The van der Waals surface area contributed by atoms with E-state index in [2.05, 4.69) is 23.6 Å². The lowest BCUT2D eigenvalue weighted by atomic mass is 9.99. The van der Waals surface area contributed by atoms with Gasteiger partial charge in [0.25, 0.3) is 5.91 Å². The monoisotopic (exact) mass is 568 g/mol. The van der Waals surface area contributed by atoms with Gasteiger partial charge in [0, 0.05) is 29.2 Å². The molecule has 0 saturated carbocycles. The summed E-state index contributed by atoms with van der Waals surface area (Å²) in [6.07, 6.45) is 3.13. The molecule has 0 aliphatic carbocycles. The minimum atomic E-state index is -1.13. The van der Waals surface area contributed by atoms with Crippen LogP contribution in [0.15, 0.2) is 109 Å². The molecule has 0 radical (unpaired) electrons. The number of ether oxygens (including phenoxy) is 1. The highest BCUT2D eigenvalue weighted by Gasteiger charge is 2.23. The lowest BCUT2D eigenvalue weighted by molar-refractivity contribution is -0.139. The Hall–Kier alpha value is -4.55. The van der Waals surface area contributed by atoms with Crippen molar-refractivity contribution in [3.63, 3.8) is 0 Å². The summed E-state index contributed by atoms with van der Waals surface area (Å²) in [5, 5.41) is 16.2. The molecule has 0 heterocycles. The van der Waals surface area contributed by atoms with E-state index in [0.29, 0.717) is 28.6 Å². The summed E-state index contributed by atoms with van der Waals surface area (Å²) in [6, 6.07) is 28.7. The number of nitrogens with one attached hydrogen (secondary N) is 2. The maximum atomic E-state index is 13.2. The minimum Gasteiger partial charge on any atom is -0.480 e. The molecule has 0 unspecified atom stereocenters. The van der Waals surface area contributed by atoms with E-state index in [1.807, 2.05) is 85.8 Å². The molecule has 1 amide bonds. The Bertz CT molecular complexity index is 1520. The Morgan fingerprint density at radius 1 is 0.951 bits per heavy atom. The number of benzene rings is 4. The molecule has 0 saturated heterocycles. The second-order valence-electron chi connectivity index (χ2n) is 9.68. The second-order valence-corrected chi connectivity index (χ2v) is 10.1. The maximum Gasteiger partial charge on any atom is 0.326 e.